The number of aryl methyl sites for hydroxylation is 1. The van der Waals surface area contributed by atoms with E-state index in [1.54, 1.807) is 35.3 Å². The van der Waals surface area contributed by atoms with Gasteiger partial charge in [0, 0.05) is 17.0 Å². The molecule has 0 saturated carbocycles. The molecule has 1 N–H and O–H groups in total. The van der Waals surface area contributed by atoms with Crippen LogP contribution in [0.1, 0.15) is 11.4 Å². The Kier molecular flexibility index (Phi) is 7.98. The fourth-order valence-electron chi connectivity index (χ4n) is 3.67. The summed E-state index contributed by atoms with van der Waals surface area (Å²) in [4.78, 5) is 24.9. The van der Waals surface area contributed by atoms with Gasteiger partial charge in [0.25, 0.3) is 11.5 Å². The van der Waals surface area contributed by atoms with Gasteiger partial charge in [-0.2, -0.15) is 9.83 Å². The average Bonchev–Trinajstić information content (AvgIpc) is 3.40. The number of fused-ring (bicyclic) bond motifs is 2. The second-order valence-corrected chi connectivity index (χ2v) is 9.59. The quantitative estimate of drug-likeness (QED) is 0.140. The Labute approximate surface area is 210 Å². The predicted molar refractivity (Wildman–Crippen MR) is 137 cm³/mol. The summed E-state index contributed by atoms with van der Waals surface area (Å²) in [6, 6.07) is 18.0. The second kappa shape index (κ2) is 11.5. The summed E-state index contributed by atoms with van der Waals surface area (Å²) in [5.74, 6) is -0.856. The summed E-state index contributed by atoms with van der Waals surface area (Å²) < 4.78 is 7.91. The normalized spacial score (nSPS) is 14.4. The van der Waals surface area contributed by atoms with Gasteiger partial charge in [-0.25, -0.2) is 0 Å². The number of thioether (sulfide) groups is 1. The largest absolute Gasteiger partial charge is 0.481 e. The second-order valence-electron chi connectivity index (χ2n) is 7.46. The Morgan fingerprint density at radius 3 is 2.80 bits per heavy atom. The molecule has 0 amide bonds. The standard InChI is InChI=1S/C26H21N3O4S2/c27-17-19(9-11-24-28(14-13-26(31)32)20-5-1-3-7-22(20)34-24)10-12-25-29(15-16-33-18-30)21-6-2-4-8-23(21)35-25/h1-12,18H,13-16H2/p+1. The number of nitriles is 1. The molecule has 0 unspecified atom stereocenters. The molecule has 0 spiro atoms. The Balaban J connectivity index is 1.60. The van der Waals surface area contributed by atoms with Crippen LogP contribution in [0, 0.1) is 11.3 Å². The number of rotatable bonds is 10. The number of aromatic nitrogens is 1. The summed E-state index contributed by atoms with van der Waals surface area (Å²) in [5.41, 5.74) is 2.46. The number of thiazole rings is 1. The fraction of sp³-hybridized carbons (Fsp3) is 0.154. The van der Waals surface area contributed by atoms with Crippen molar-refractivity contribution in [3.8, 4) is 6.07 Å². The molecular weight excluding hydrogens is 482 g/mol. The fourth-order valence-corrected chi connectivity index (χ4v) is 5.85. The number of anilines is 1. The third-order valence-corrected chi connectivity index (χ3v) is 7.52. The van der Waals surface area contributed by atoms with Gasteiger partial charge in [0.1, 0.15) is 17.7 Å². The van der Waals surface area contributed by atoms with Crippen LogP contribution in [0.3, 0.4) is 0 Å². The number of aliphatic carboxylic acids is 1. The number of carboxylic acids is 1. The maximum atomic E-state index is 11.1. The maximum absolute atomic E-state index is 11.1. The van der Waals surface area contributed by atoms with Gasteiger partial charge in [0.05, 0.1) is 28.9 Å². The van der Waals surface area contributed by atoms with Crippen LogP contribution in [0.5, 0.6) is 0 Å². The van der Waals surface area contributed by atoms with Crippen molar-refractivity contribution >= 4 is 57.5 Å². The zero-order chi connectivity index (χ0) is 24.6. The summed E-state index contributed by atoms with van der Waals surface area (Å²) in [5, 5.41) is 20.7. The lowest BCUT2D eigenvalue weighted by Gasteiger charge is -2.19. The first-order valence-electron chi connectivity index (χ1n) is 10.8. The van der Waals surface area contributed by atoms with Gasteiger partial charge in [-0.1, -0.05) is 47.4 Å². The van der Waals surface area contributed by atoms with Crippen LogP contribution < -0.4 is 9.47 Å². The highest BCUT2D eigenvalue weighted by atomic mass is 32.2. The van der Waals surface area contributed by atoms with Crippen molar-refractivity contribution in [1.82, 2.24) is 0 Å². The van der Waals surface area contributed by atoms with Crippen molar-refractivity contribution in [3.05, 3.63) is 82.4 Å². The molecule has 176 valence electrons. The highest BCUT2D eigenvalue weighted by Gasteiger charge is 2.24. The Hall–Kier alpha value is -3.87. The summed E-state index contributed by atoms with van der Waals surface area (Å²) in [7, 11) is 0. The molecule has 0 atom stereocenters. The SMILES string of the molecule is N#CC(=C\C=C1/Sc2ccccc2N1CCOC=O)/C=C/c1sc2ccccc2[n+]1CCC(=O)O. The van der Waals surface area contributed by atoms with E-state index in [9.17, 15) is 14.9 Å². The van der Waals surface area contributed by atoms with Gasteiger partial charge in [-0.05, 0) is 36.4 Å². The number of para-hydroxylation sites is 2. The maximum Gasteiger partial charge on any atom is 0.309 e. The van der Waals surface area contributed by atoms with Crippen LogP contribution in [0.2, 0.25) is 0 Å². The third kappa shape index (κ3) is 5.80. The molecule has 7 nitrogen and oxygen atoms in total. The molecule has 1 aliphatic rings. The molecule has 9 heteroatoms. The third-order valence-electron chi connectivity index (χ3n) is 5.26. The van der Waals surface area contributed by atoms with Crippen molar-refractivity contribution in [1.29, 1.82) is 5.26 Å². The van der Waals surface area contributed by atoms with Crippen LogP contribution in [0.4, 0.5) is 5.69 Å². The minimum Gasteiger partial charge on any atom is -0.481 e. The number of nitrogens with zero attached hydrogens (tertiary/aromatic N) is 3. The van der Waals surface area contributed by atoms with E-state index in [0.29, 0.717) is 25.1 Å². The highest BCUT2D eigenvalue weighted by molar-refractivity contribution is 8.03. The van der Waals surface area contributed by atoms with Crippen LogP contribution in [-0.4, -0.2) is 30.7 Å². The molecule has 0 bridgehead atoms. The molecule has 0 radical (unpaired) electrons. The Bertz CT molecular complexity index is 1380. The van der Waals surface area contributed by atoms with Crippen molar-refractivity contribution < 1.29 is 24.0 Å². The molecule has 1 aromatic heterocycles. The van der Waals surface area contributed by atoms with Gasteiger partial charge < -0.3 is 14.7 Å². The number of ether oxygens (including phenoxy) is 1. The molecular formula is C26H22N3O4S2+. The van der Waals surface area contributed by atoms with Gasteiger partial charge in [0.15, 0.2) is 6.54 Å². The molecule has 0 saturated heterocycles. The first-order valence-corrected chi connectivity index (χ1v) is 12.5. The van der Waals surface area contributed by atoms with Gasteiger partial charge in [0.2, 0.25) is 5.52 Å². The average molecular weight is 505 g/mol. The van der Waals surface area contributed by atoms with E-state index in [1.165, 1.54) is 0 Å². The summed E-state index contributed by atoms with van der Waals surface area (Å²) in [6.07, 6.45) is 7.25. The van der Waals surface area contributed by atoms with E-state index in [2.05, 4.69) is 11.0 Å². The van der Waals surface area contributed by atoms with Crippen molar-refractivity contribution in [3.63, 3.8) is 0 Å². The number of benzene rings is 2. The first kappa shape index (κ1) is 24.3. The smallest absolute Gasteiger partial charge is 0.309 e. The van der Waals surface area contributed by atoms with Crippen molar-refractivity contribution in [2.75, 3.05) is 18.1 Å². The van der Waals surface area contributed by atoms with Gasteiger partial charge in [-0.3, -0.25) is 9.59 Å². The van der Waals surface area contributed by atoms with E-state index >= 15 is 0 Å². The number of hydrogen-bond donors (Lipinski definition) is 1. The first-order chi connectivity index (χ1) is 17.1. The molecule has 3 aromatic rings. The van der Waals surface area contributed by atoms with Crippen LogP contribution in [0.15, 0.2) is 82.3 Å². The monoisotopic (exact) mass is 504 g/mol. The minimum atomic E-state index is -0.856. The lowest BCUT2D eigenvalue weighted by Crippen LogP contribution is -2.36. The Morgan fingerprint density at radius 2 is 2.00 bits per heavy atom. The summed E-state index contributed by atoms with van der Waals surface area (Å²) >= 11 is 3.14. The zero-order valence-electron chi connectivity index (χ0n) is 18.7. The molecule has 0 aliphatic carbocycles. The predicted octanol–water partition coefficient (Wildman–Crippen LogP) is 4.75. The number of allylic oxidation sites excluding steroid dienone is 4. The highest BCUT2D eigenvalue weighted by Crippen LogP contribution is 2.45. The molecule has 35 heavy (non-hydrogen) atoms. The van der Waals surface area contributed by atoms with E-state index < -0.39 is 5.97 Å². The topological polar surface area (TPSA) is 94.5 Å². The lowest BCUT2D eigenvalue weighted by molar-refractivity contribution is -0.667. The van der Waals surface area contributed by atoms with Crippen LogP contribution >= 0.6 is 23.1 Å². The van der Waals surface area contributed by atoms with Crippen LogP contribution in [-0.2, 0) is 20.9 Å². The number of carboxylic acid groups (broad SMARTS) is 1. The van der Waals surface area contributed by atoms with Crippen molar-refractivity contribution in [2.24, 2.45) is 0 Å². The minimum absolute atomic E-state index is 0.0146. The molecule has 4 rings (SSSR count). The van der Waals surface area contributed by atoms with E-state index in [-0.39, 0.29) is 13.0 Å². The number of carbonyl (C=O) groups excluding carboxylic acids is 1. The number of carbonyl (C=O) groups is 2. The van der Waals surface area contributed by atoms with Crippen molar-refractivity contribution in [2.45, 2.75) is 17.9 Å². The molecule has 2 heterocycles. The summed E-state index contributed by atoms with van der Waals surface area (Å²) in [6.45, 7) is 1.55. The van der Waals surface area contributed by atoms with Gasteiger partial charge in [-0.15, -0.1) is 0 Å². The molecule has 2 aromatic carbocycles. The number of hydrogen-bond acceptors (Lipinski definition) is 7. The van der Waals surface area contributed by atoms with E-state index in [0.717, 1.165) is 30.8 Å². The van der Waals surface area contributed by atoms with E-state index in [1.807, 2.05) is 65.3 Å². The lowest BCUT2D eigenvalue weighted by atomic mass is 10.2. The van der Waals surface area contributed by atoms with E-state index in [4.69, 9.17) is 9.84 Å². The van der Waals surface area contributed by atoms with Crippen LogP contribution in [0.25, 0.3) is 16.3 Å². The Morgan fingerprint density at radius 1 is 1.20 bits per heavy atom. The molecule has 1 aliphatic heterocycles. The van der Waals surface area contributed by atoms with Gasteiger partial charge >= 0.3 is 5.97 Å². The molecule has 0 fully saturated rings. The zero-order valence-corrected chi connectivity index (χ0v) is 20.3.